The van der Waals surface area contributed by atoms with Crippen LogP contribution in [-0.2, 0) is 13.5 Å². The van der Waals surface area contributed by atoms with E-state index in [4.69, 9.17) is 5.73 Å². The molecule has 0 fully saturated rings. The Morgan fingerprint density at radius 2 is 2.18 bits per heavy atom. The molecule has 0 aromatic carbocycles. The van der Waals surface area contributed by atoms with Gasteiger partial charge < -0.3 is 5.73 Å². The van der Waals surface area contributed by atoms with Gasteiger partial charge in [-0.25, -0.2) is 0 Å². The van der Waals surface area contributed by atoms with E-state index in [1.165, 1.54) is 42.5 Å². The number of nitrogens with zero attached hydrogens (tertiary/aromatic N) is 2. The third-order valence-electron chi connectivity index (χ3n) is 3.89. The Balaban J connectivity index is 2.12. The summed E-state index contributed by atoms with van der Waals surface area (Å²) in [6, 6.07) is 0.178. The van der Waals surface area contributed by atoms with Gasteiger partial charge in [-0.3, -0.25) is 4.68 Å². The first-order chi connectivity index (χ1) is 8.09. The Morgan fingerprint density at radius 1 is 1.41 bits per heavy atom. The third-order valence-corrected chi connectivity index (χ3v) is 3.89. The monoisotopic (exact) mass is 233 g/mol. The van der Waals surface area contributed by atoms with Crippen molar-refractivity contribution in [1.82, 2.24) is 9.78 Å². The number of aromatic nitrogens is 2. The van der Waals surface area contributed by atoms with Gasteiger partial charge in [0.1, 0.15) is 0 Å². The van der Waals surface area contributed by atoms with Crippen LogP contribution in [0.3, 0.4) is 0 Å². The molecule has 94 valence electrons. The van der Waals surface area contributed by atoms with Crippen LogP contribution in [0.15, 0.2) is 11.6 Å². The van der Waals surface area contributed by atoms with E-state index < -0.39 is 0 Å². The van der Waals surface area contributed by atoms with Gasteiger partial charge in [0.25, 0.3) is 0 Å². The molecule has 1 aromatic rings. The predicted molar refractivity (Wildman–Crippen MR) is 70.9 cm³/mol. The highest BCUT2D eigenvalue weighted by Crippen LogP contribution is 2.23. The van der Waals surface area contributed by atoms with Crippen molar-refractivity contribution in [2.75, 3.05) is 0 Å². The van der Waals surface area contributed by atoms with Crippen LogP contribution in [0, 0.1) is 13.8 Å². The van der Waals surface area contributed by atoms with Crippen molar-refractivity contribution in [3.05, 3.63) is 28.6 Å². The van der Waals surface area contributed by atoms with E-state index in [1.807, 2.05) is 11.7 Å². The Morgan fingerprint density at radius 3 is 2.71 bits per heavy atom. The third kappa shape index (κ3) is 2.60. The maximum absolute atomic E-state index is 6.32. The van der Waals surface area contributed by atoms with Gasteiger partial charge in [-0.15, -0.1) is 0 Å². The Bertz CT molecular complexity index is 429. The maximum Gasteiger partial charge on any atom is 0.0629 e. The van der Waals surface area contributed by atoms with E-state index >= 15 is 0 Å². The molecule has 1 atom stereocenters. The van der Waals surface area contributed by atoms with Gasteiger partial charge in [-0.05, 0) is 51.5 Å². The lowest BCUT2D eigenvalue weighted by molar-refractivity contribution is 0.628. The van der Waals surface area contributed by atoms with Crippen LogP contribution < -0.4 is 5.73 Å². The van der Waals surface area contributed by atoms with Crippen molar-refractivity contribution in [3.8, 4) is 0 Å². The molecule has 3 heteroatoms. The minimum Gasteiger partial charge on any atom is -0.324 e. The Labute approximate surface area is 104 Å². The molecule has 0 bridgehead atoms. The molecular weight excluding hydrogens is 210 g/mol. The lowest BCUT2D eigenvalue weighted by Gasteiger charge is -2.19. The lowest BCUT2D eigenvalue weighted by atomic mass is 9.90. The Kier molecular flexibility index (Phi) is 3.67. The second-order valence-electron chi connectivity index (χ2n) is 5.11. The molecular formula is C14H23N3. The molecule has 1 heterocycles. The minimum absolute atomic E-state index is 0.178. The average Bonchev–Trinajstić information content (AvgIpc) is 2.57. The number of rotatable bonds is 3. The average molecular weight is 233 g/mol. The van der Waals surface area contributed by atoms with Gasteiger partial charge >= 0.3 is 0 Å². The summed E-state index contributed by atoms with van der Waals surface area (Å²) in [6.07, 6.45) is 8.27. The quantitative estimate of drug-likeness (QED) is 0.815. The van der Waals surface area contributed by atoms with E-state index in [-0.39, 0.29) is 6.04 Å². The van der Waals surface area contributed by atoms with Crippen LogP contribution in [-0.4, -0.2) is 15.8 Å². The smallest absolute Gasteiger partial charge is 0.0629 e. The topological polar surface area (TPSA) is 43.8 Å². The summed E-state index contributed by atoms with van der Waals surface area (Å²) < 4.78 is 1.95. The van der Waals surface area contributed by atoms with Crippen LogP contribution in [0.25, 0.3) is 0 Å². The fourth-order valence-electron chi connectivity index (χ4n) is 2.66. The number of aryl methyl sites for hydroxylation is 2. The lowest BCUT2D eigenvalue weighted by Crippen LogP contribution is -2.26. The van der Waals surface area contributed by atoms with E-state index in [0.717, 1.165) is 12.1 Å². The van der Waals surface area contributed by atoms with Crippen molar-refractivity contribution in [1.29, 1.82) is 0 Å². The highest BCUT2D eigenvalue weighted by molar-refractivity contribution is 5.28. The maximum atomic E-state index is 6.32. The Hall–Kier alpha value is -1.09. The first kappa shape index (κ1) is 12.4. The SMILES string of the molecule is Cc1nn(C)c(C)c1CC(N)C1=CCCCC1. The molecule has 0 amide bonds. The highest BCUT2D eigenvalue weighted by atomic mass is 15.3. The molecule has 0 aliphatic heterocycles. The van der Waals surface area contributed by atoms with Crippen LogP contribution in [0.1, 0.15) is 42.6 Å². The van der Waals surface area contributed by atoms with Crippen molar-refractivity contribution >= 4 is 0 Å². The van der Waals surface area contributed by atoms with Crippen molar-refractivity contribution < 1.29 is 0 Å². The van der Waals surface area contributed by atoms with Gasteiger partial charge in [-0.2, -0.15) is 5.10 Å². The molecule has 0 radical (unpaired) electrons. The molecule has 1 aromatic heterocycles. The zero-order chi connectivity index (χ0) is 12.4. The molecule has 3 nitrogen and oxygen atoms in total. The van der Waals surface area contributed by atoms with Crippen LogP contribution in [0.4, 0.5) is 0 Å². The van der Waals surface area contributed by atoms with Crippen LogP contribution >= 0.6 is 0 Å². The van der Waals surface area contributed by atoms with Gasteiger partial charge in [-0.1, -0.05) is 11.6 Å². The zero-order valence-electron chi connectivity index (χ0n) is 11.2. The second-order valence-corrected chi connectivity index (χ2v) is 5.11. The largest absolute Gasteiger partial charge is 0.324 e. The van der Waals surface area contributed by atoms with Crippen molar-refractivity contribution in [3.63, 3.8) is 0 Å². The highest BCUT2D eigenvalue weighted by Gasteiger charge is 2.17. The van der Waals surface area contributed by atoms with Gasteiger partial charge in [0, 0.05) is 18.8 Å². The number of hydrogen-bond donors (Lipinski definition) is 1. The van der Waals surface area contributed by atoms with Gasteiger partial charge in [0.2, 0.25) is 0 Å². The van der Waals surface area contributed by atoms with Gasteiger partial charge in [0.15, 0.2) is 0 Å². The predicted octanol–water partition coefficient (Wildman–Crippen LogP) is 2.41. The van der Waals surface area contributed by atoms with Crippen molar-refractivity contribution in [2.45, 2.75) is 52.0 Å². The standard InChI is InChI=1S/C14H23N3/c1-10-13(11(2)17(3)16-10)9-14(15)12-7-5-4-6-8-12/h7,14H,4-6,8-9,15H2,1-3H3. The number of nitrogens with two attached hydrogens (primary N) is 1. The molecule has 2 rings (SSSR count). The molecule has 17 heavy (non-hydrogen) atoms. The summed E-state index contributed by atoms with van der Waals surface area (Å²) in [4.78, 5) is 0. The molecule has 1 aliphatic carbocycles. The molecule has 2 N–H and O–H groups in total. The first-order valence-electron chi connectivity index (χ1n) is 6.53. The van der Waals surface area contributed by atoms with Gasteiger partial charge in [0.05, 0.1) is 5.69 Å². The summed E-state index contributed by atoms with van der Waals surface area (Å²) in [7, 11) is 2.00. The summed E-state index contributed by atoms with van der Waals surface area (Å²) in [5.41, 5.74) is 11.5. The van der Waals surface area contributed by atoms with E-state index in [2.05, 4.69) is 25.0 Å². The van der Waals surface area contributed by atoms with Crippen LogP contribution in [0.5, 0.6) is 0 Å². The molecule has 1 unspecified atom stereocenters. The summed E-state index contributed by atoms with van der Waals surface area (Å²) >= 11 is 0. The fourth-order valence-corrected chi connectivity index (χ4v) is 2.66. The van der Waals surface area contributed by atoms with Crippen molar-refractivity contribution in [2.24, 2.45) is 12.8 Å². The summed E-state index contributed by atoms with van der Waals surface area (Å²) in [5, 5.41) is 4.45. The fraction of sp³-hybridized carbons (Fsp3) is 0.643. The zero-order valence-corrected chi connectivity index (χ0v) is 11.2. The van der Waals surface area contributed by atoms with E-state index in [0.29, 0.717) is 0 Å². The van der Waals surface area contributed by atoms with E-state index in [1.54, 1.807) is 0 Å². The van der Waals surface area contributed by atoms with Crippen LogP contribution in [0.2, 0.25) is 0 Å². The first-order valence-corrected chi connectivity index (χ1v) is 6.53. The summed E-state index contributed by atoms with van der Waals surface area (Å²) in [6.45, 7) is 4.20. The molecule has 0 spiro atoms. The number of hydrogen-bond acceptors (Lipinski definition) is 2. The molecule has 1 aliphatic rings. The molecule has 0 saturated carbocycles. The van der Waals surface area contributed by atoms with E-state index in [9.17, 15) is 0 Å². The normalized spacial score (nSPS) is 18.0. The second kappa shape index (κ2) is 5.05. The summed E-state index contributed by atoms with van der Waals surface area (Å²) in [5.74, 6) is 0. The minimum atomic E-state index is 0.178. The number of allylic oxidation sites excluding steroid dienone is 1. The molecule has 0 saturated heterocycles.